The van der Waals surface area contributed by atoms with E-state index in [2.05, 4.69) is 10.3 Å². The maximum atomic E-state index is 13.9. The number of hydrogen-bond acceptors (Lipinski definition) is 3. The molecule has 5 nitrogen and oxygen atoms in total. The van der Waals surface area contributed by atoms with Gasteiger partial charge in [0.25, 0.3) is 0 Å². The average Bonchev–Trinajstić information content (AvgIpc) is 3.04. The topological polar surface area (TPSA) is 64.0 Å². The molecule has 0 radical (unpaired) electrons. The molecule has 138 valence electrons. The predicted octanol–water partition coefficient (Wildman–Crippen LogP) is 4.02. The number of benzene rings is 3. The lowest BCUT2D eigenvalue weighted by molar-refractivity contribution is -0.128. The lowest BCUT2D eigenvalue weighted by atomic mass is 9.96. The zero-order valence-electron chi connectivity index (χ0n) is 14.9. The van der Waals surface area contributed by atoms with E-state index in [0.717, 1.165) is 21.8 Å². The van der Waals surface area contributed by atoms with Gasteiger partial charge in [-0.15, -0.1) is 0 Å². The largest absolute Gasteiger partial charge is 0.326 e. The molecule has 6 heteroatoms. The first-order valence-electron chi connectivity index (χ1n) is 9.09. The van der Waals surface area contributed by atoms with Crippen LogP contribution in [0.15, 0.2) is 60.7 Å². The number of aryl methyl sites for hydroxylation is 1. The molecule has 0 spiro atoms. The second-order valence-corrected chi connectivity index (χ2v) is 6.93. The highest BCUT2D eigenvalue weighted by Crippen LogP contribution is 2.32. The van der Waals surface area contributed by atoms with E-state index in [0.29, 0.717) is 12.4 Å². The van der Waals surface area contributed by atoms with E-state index in [1.165, 1.54) is 12.1 Å². The molecule has 2 heterocycles. The number of nitrogens with zero attached hydrogens (tertiary/aromatic N) is 2. The van der Waals surface area contributed by atoms with Gasteiger partial charge >= 0.3 is 0 Å². The fraction of sp³-hybridized carbons (Fsp3) is 0.136. The fourth-order valence-corrected chi connectivity index (χ4v) is 3.83. The molecule has 0 saturated heterocycles. The van der Waals surface area contributed by atoms with E-state index in [1.807, 2.05) is 41.0 Å². The van der Waals surface area contributed by atoms with E-state index in [9.17, 15) is 14.0 Å². The molecule has 1 aromatic heterocycles. The second kappa shape index (κ2) is 6.27. The van der Waals surface area contributed by atoms with Gasteiger partial charge in [-0.05, 0) is 35.0 Å². The van der Waals surface area contributed by atoms with Crippen molar-refractivity contribution in [1.82, 2.24) is 9.55 Å². The Labute approximate surface area is 159 Å². The van der Waals surface area contributed by atoms with Crippen LogP contribution in [-0.4, -0.2) is 21.2 Å². The van der Waals surface area contributed by atoms with Gasteiger partial charge in [0.2, 0.25) is 5.91 Å². The Balaban J connectivity index is 1.61. The zero-order chi connectivity index (χ0) is 19.3. The van der Waals surface area contributed by atoms with E-state index < -0.39 is 17.6 Å². The van der Waals surface area contributed by atoms with Gasteiger partial charge in [0.05, 0.1) is 16.7 Å². The van der Waals surface area contributed by atoms with Gasteiger partial charge in [-0.1, -0.05) is 36.4 Å². The summed E-state index contributed by atoms with van der Waals surface area (Å²) in [5.41, 5.74) is 1.69. The Kier molecular flexibility index (Phi) is 3.72. The van der Waals surface area contributed by atoms with Crippen LogP contribution in [0.3, 0.4) is 0 Å². The molecule has 1 unspecified atom stereocenters. The standard InChI is InChI=1S/C22H16FN3O2/c23-15-7-3-4-8-16(15)25-22(28)20-19(27)9-10-26-18-12-14-6-2-1-5-13(14)11-17(18)24-21(20)26/h1-8,11-12,20H,9-10H2,(H,25,28). The number of halogens is 1. The number of amides is 1. The third-order valence-electron chi connectivity index (χ3n) is 5.20. The highest BCUT2D eigenvalue weighted by Gasteiger charge is 2.36. The molecule has 1 N–H and O–H groups in total. The van der Waals surface area contributed by atoms with Crippen LogP contribution in [0, 0.1) is 5.82 Å². The summed E-state index contributed by atoms with van der Waals surface area (Å²) in [6, 6.07) is 17.8. The predicted molar refractivity (Wildman–Crippen MR) is 105 cm³/mol. The van der Waals surface area contributed by atoms with Crippen molar-refractivity contribution in [3.8, 4) is 0 Å². The molecule has 5 rings (SSSR count). The molecule has 0 fully saturated rings. The number of rotatable bonds is 2. The number of fused-ring (bicyclic) bond motifs is 4. The summed E-state index contributed by atoms with van der Waals surface area (Å²) in [6.07, 6.45) is 0.237. The van der Waals surface area contributed by atoms with Crippen molar-refractivity contribution in [3.63, 3.8) is 0 Å². The summed E-state index contributed by atoms with van der Waals surface area (Å²) < 4.78 is 15.8. The molecule has 28 heavy (non-hydrogen) atoms. The van der Waals surface area contributed by atoms with Crippen LogP contribution in [0.1, 0.15) is 18.2 Å². The molecule has 1 aliphatic heterocycles. The Morgan fingerprint density at radius 3 is 2.57 bits per heavy atom. The van der Waals surface area contributed by atoms with Gasteiger partial charge in [0.15, 0.2) is 11.7 Å². The zero-order valence-corrected chi connectivity index (χ0v) is 14.9. The summed E-state index contributed by atoms with van der Waals surface area (Å²) in [7, 11) is 0. The van der Waals surface area contributed by atoms with Crippen LogP contribution in [0.25, 0.3) is 21.8 Å². The monoisotopic (exact) mass is 373 g/mol. The van der Waals surface area contributed by atoms with Crippen LogP contribution in [0.2, 0.25) is 0 Å². The van der Waals surface area contributed by atoms with Gasteiger partial charge in [0.1, 0.15) is 11.6 Å². The normalized spacial score (nSPS) is 16.3. The van der Waals surface area contributed by atoms with Crippen LogP contribution in [-0.2, 0) is 16.1 Å². The number of ketones is 1. The third kappa shape index (κ3) is 2.57. The fourth-order valence-electron chi connectivity index (χ4n) is 3.83. The Morgan fingerprint density at radius 1 is 1.07 bits per heavy atom. The van der Waals surface area contributed by atoms with Crippen LogP contribution in [0.4, 0.5) is 10.1 Å². The van der Waals surface area contributed by atoms with E-state index in [1.54, 1.807) is 12.1 Å². The highest BCUT2D eigenvalue weighted by molar-refractivity contribution is 6.12. The maximum absolute atomic E-state index is 13.9. The van der Waals surface area contributed by atoms with Gasteiger partial charge in [-0.25, -0.2) is 9.37 Å². The summed E-state index contributed by atoms with van der Waals surface area (Å²) in [5.74, 6) is -1.95. The number of nitrogens with one attached hydrogen (secondary N) is 1. The Morgan fingerprint density at radius 2 is 1.79 bits per heavy atom. The molecule has 1 atom stereocenters. The summed E-state index contributed by atoms with van der Waals surface area (Å²) in [5, 5.41) is 4.66. The van der Waals surface area contributed by atoms with Gasteiger partial charge in [-0.3, -0.25) is 9.59 Å². The summed E-state index contributed by atoms with van der Waals surface area (Å²) in [6.45, 7) is 0.479. The number of aromatic nitrogens is 2. The molecule has 1 aliphatic rings. The maximum Gasteiger partial charge on any atom is 0.242 e. The number of hydrogen-bond donors (Lipinski definition) is 1. The van der Waals surface area contributed by atoms with Gasteiger partial charge in [0, 0.05) is 13.0 Å². The molecule has 0 aliphatic carbocycles. The first-order valence-corrected chi connectivity index (χ1v) is 9.09. The SMILES string of the molecule is O=C1CCn2c(nc3cc4ccccc4cc32)C1C(=O)Nc1ccccc1F. The van der Waals surface area contributed by atoms with Crippen molar-refractivity contribution in [2.75, 3.05) is 5.32 Å². The summed E-state index contributed by atoms with van der Waals surface area (Å²) in [4.78, 5) is 30.0. The van der Waals surface area contributed by atoms with Gasteiger partial charge in [-0.2, -0.15) is 0 Å². The minimum absolute atomic E-state index is 0.0549. The van der Waals surface area contributed by atoms with E-state index in [-0.39, 0.29) is 17.9 Å². The first-order chi connectivity index (χ1) is 13.6. The Hall–Kier alpha value is -3.54. The number of Topliss-reactive ketones (excluding diaryl/α,β-unsaturated/α-hetero) is 1. The number of anilines is 1. The lowest BCUT2D eigenvalue weighted by Crippen LogP contribution is -2.34. The number of carbonyl (C=O) groups excluding carboxylic acids is 2. The molecule has 4 aromatic rings. The van der Waals surface area contributed by atoms with Crippen LogP contribution in [0.5, 0.6) is 0 Å². The summed E-state index contributed by atoms with van der Waals surface area (Å²) >= 11 is 0. The minimum Gasteiger partial charge on any atom is -0.326 e. The molecule has 3 aromatic carbocycles. The Bertz CT molecular complexity index is 1260. The number of carbonyl (C=O) groups is 2. The molecular weight excluding hydrogens is 357 g/mol. The quantitative estimate of drug-likeness (QED) is 0.540. The third-order valence-corrected chi connectivity index (χ3v) is 5.20. The van der Waals surface area contributed by atoms with E-state index in [4.69, 9.17) is 0 Å². The van der Waals surface area contributed by atoms with Crippen molar-refractivity contribution in [1.29, 1.82) is 0 Å². The highest BCUT2D eigenvalue weighted by atomic mass is 19.1. The molecule has 0 bridgehead atoms. The molecule has 0 saturated carbocycles. The van der Waals surface area contributed by atoms with Crippen LogP contribution >= 0.6 is 0 Å². The number of imidazole rings is 1. The minimum atomic E-state index is -1.05. The average molecular weight is 373 g/mol. The molecule has 1 amide bonds. The smallest absolute Gasteiger partial charge is 0.242 e. The van der Waals surface area contributed by atoms with Crippen molar-refractivity contribution in [3.05, 3.63) is 72.3 Å². The van der Waals surface area contributed by atoms with Crippen molar-refractivity contribution >= 4 is 39.2 Å². The van der Waals surface area contributed by atoms with Crippen LogP contribution < -0.4 is 5.32 Å². The van der Waals surface area contributed by atoms with Crippen molar-refractivity contribution in [2.24, 2.45) is 0 Å². The van der Waals surface area contributed by atoms with Crippen molar-refractivity contribution in [2.45, 2.75) is 18.9 Å². The van der Waals surface area contributed by atoms with Gasteiger partial charge < -0.3 is 9.88 Å². The van der Waals surface area contributed by atoms with Crippen molar-refractivity contribution < 1.29 is 14.0 Å². The second-order valence-electron chi connectivity index (χ2n) is 6.93. The lowest BCUT2D eigenvalue weighted by Gasteiger charge is -2.22. The number of para-hydroxylation sites is 1. The molecular formula is C22H16FN3O2. The first kappa shape index (κ1) is 16.6. The van der Waals surface area contributed by atoms with E-state index >= 15 is 0 Å².